The molecule has 1 N–H and O–H groups in total. The molecule has 0 radical (unpaired) electrons. The van der Waals surface area contributed by atoms with Gasteiger partial charge in [-0.05, 0) is 36.4 Å². The topological polar surface area (TPSA) is 109 Å². The molecule has 10 heteroatoms. The Labute approximate surface area is 167 Å². The van der Waals surface area contributed by atoms with E-state index in [0.717, 1.165) is 10.8 Å². The number of carbonyl (C=O) groups excluding carboxylic acids is 1. The Bertz CT molecular complexity index is 1180. The second-order valence-electron chi connectivity index (χ2n) is 5.93. The van der Waals surface area contributed by atoms with Gasteiger partial charge in [0.15, 0.2) is 0 Å². The minimum Gasteiger partial charge on any atom is -0.497 e. The lowest BCUT2D eigenvalue weighted by atomic mass is 10.3. The number of ether oxygens (including phenoxy) is 2. The van der Waals surface area contributed by atoms with Crippen LogP contribution in [0.4, 0.5) is 5.69 Å². The van der Waals surface area contributed by atoms with Crippen molar-refractivity contribution in [1.82, 2.24) is 8.54 Å². The van der Waals surface area contributed by atoms with Crippen LogP contribution in [-0.2, 0) is 21.4 Å². The lowest BCUT2D eigenvalue weighted by Gasteiger charge is -2.10. The average molecular weight is 417 g/mol. The van der Waals surface area contributed by atoms with Gasteiger partial charge in [-0.1, -0.05) is 12.1 Å². The highest BCUT2D eigenvalue weighted by molar-refractivity contribution is 7.90. The van der Waals surface area contributed by atoms with Gasteiger partial charge in [0.05, 0.1) is 24.8 Å². The van der Waals surface area contributed by atoms with Crippen LogP contribution < -0.4 is 20.5 Å². The van der Waals surface area contributed by atoms with E-state index in [4.69, 9.17) is 9.47 Å². The molecule has 0 saturated carbocycles. The van der Waals surface area contributed by atoms with Crippen molar-refractivity contribution in [3.05, 3.63) is 71.4 Å². The first-order valence-electron chi connectivity index (χ1n) is 8.47. The summed E-state index contributed by atoms with van der Waals surface area (Å²) in [5.74, 6) is 0.450. The van der Waals surface area contributed by atoms with Crippen LogP contribution in [0.1, 0.15) is 0 Å². The minimum atomic E-state index is -4.10. The molecule has 0 aliphatic heterocycles. The number of para-hydroxylation sites is 2. The van der Waals surface area contributed by atoms with Crippen LogP contribution in [0.5, 0.6) is 11.5 Å². The van der Waals surface area contributed by atoms with Crippen LogP contribution in [0.3, 0.4) is 0 Å². The number of hydrogen-bond acceptors (Lipinski definition) is 6. The highest BCUT2D eigenvalue weighted by Gasteiger charge is 2.21. The normalized spacial score (nSPS) is 11.1. The molecule has 3 rings (SSSR count). The van der Waals surface area contributed by atoms with Crippen LogP contribution in [0.2, 0.25) is 0 Å². The molecule has 1 heterocycles. The molecule has 0 bridgehead atoms. The molecular weight excluding hydrogens is 398 g/mol. The number of nitrogens with zero attached hydrogens (tertiary/aromatic N) is 2. The summed E-state index contributed by atoms with van der Waals surface area (Å²) >= 11 is 0. The van der Waals surface area contributed by atoms with Crippen molar-refractivity contribution in [3.63, 3.8) is 0 Å². The first-order valence-corrected chi connectivity index (χ1v) is 9.91. The van der Waals surface area contributed by atoms with Crippen LogP contribution in [-0.4, -0.2) is 37.1 Å². The fourth-order valence-corrected chi connectivity index (χ4v) is 3.88. The number of aromatic nitrogens is 2. The fraction of sp³-hybridized carbons (Fsp3) is 0.158. The summed E-state index contributed by atoms with van der Waals surface area (Å²) in [6.45, 7) is -0.359. The van der Waals surface area contributed by atoms with E-state index in [1.54, 1.807) is 24.3 Å². The van der Waals surface area contributed by atoms with Crippen molar-refractivity contribution in [2.24, 2.45) is 0 Å². The molecule has 0 fully saturated rings. The van der Waals surface area contributed by atoms with Crippen molar-refractivity contribution >= 4 is 21.6 Å². The van der Waals surface area contributed by atoms with Crippen LogP contribution in [0, 0.1) is 0 Å². The Balaban J connectivity index is 1.81. The first kappa shape index (κ1) is 20.2. The van der Waals surface area contributed by atoms with Crippen molar-refractivity contribution < 1.29 is 22.7 Å². The van der Waals surface area contributed by atoms with Crippen LogP contribution in [0.25, 0.3) is 0 Å². The summed E-state index contributed by atoms with van der Waals surface area (Å²) in [5, 5.41) is 2.63. The Morgan fingerprint density at radius 2 is 1.69 bits per heavy atom. The van der Waals surface area contributed by atoms with Crippen LogP contribution >= 0.6 is 0 Å². The third-order valence-corrected chi connectivity index (χ3v) is 5.79. The Morgan fingerprint density at radius 1 is 1.00 bits per heavy atom. The average Bonchev–Trinajstić information content (AvgIpc) is 3.09. The molecule has 0 spiro atoms. The van der Waals surface area contributed by atoms with Gasteiger partial charge in [-0.2, -0.15) is 3.97 Å². The number of amides is 1. The standard InChI is InChI=1S/C19H19N3O6S/c1-27-14-7-9-15(10-8-14)29(25,26)22-12-11-21(19(22)24)13-18(23)20-16-5-3-4-6-17(16)28-2/h3-12H,13H2,1-2H3,(H,20,23). The van der Waals surface area contributed by atoms with E-state index < -0.39 is 21.6 Å². The monoisotopic (exact) mass is 417 g/mol. The van der Waals surface area contributed by atoms with Crippen LogP contribution in [0.15, 0.2) is 70.6 Å². The highest BCUT2D eigenvalue weighted by Crippen LogP contribution is 2.23. The molecule has 29 heavy (non-hydrogen) atoms. The van der Waals surface area contributed by atoms with E-state index in [-0.39, 0.29) is 11.4 Å². The molecule has 0 aliphatic rings. The van der Waals surface area contributed by atoms with Gasteiger partial charge in [0.25, 0.3) is 10.0 Å². The smallest absolute Gasteiger partial charge is 0.342 e. The number of anilines is 1. The molecule has 0 unspecified atom stereocenters. The molecule has 1 aromatic heterocycles. The lowest BCUT2D eigenvalue weighted by Crippen LogP contribution is -2.32. The third-order valence-electron chi connectivity index (χ3n) is 4.13. The maximum atomic E-state index is 12.7. The SMILES string of the molecule is COc1ccc(S(=O)(=O)n2ccn(CC(=O)Nc3ccccc3OC)c2=O)cc1. The Morgan fingerprint density at radius 3 is 2.34 bits per heavy atom. The van der Waals surface area contributed by atoms with E-state index >= 15 is 0 Å². The van der Waals surface area contributed by atoms with Gasteiger partial charge in [-0.15, -0.1) is 0 Å². The zero-order valence-corrected chi connectivity index (χ0v) is 16.5. The summed E-state index contributed by atoms with van der Waals surface area (Å²) in [5.41, 5.74) is -0.408. The first-order chi connectivity index (χ1) is 13.9. The summed E-state index contributed by atoms with van der Waals surface area (Å²) in [4.78, 5) is 24.8. The predicted molar refractivity (Wildman–Crippen MR) is 106 cm³/mol. The Hall–Kier alpha value is -3.53. The summed E-state index contributed by atoms with van der Waals surface area (Å²) in [6.07, 6.45) is 2.35. The second-order valence-corrected chi connectivity index (χ2v) is 7.75. The summed E-state index contributed by atoms with van der Waals surface area (Å²) in [7, 11) is -1.17. The van der Waals surface area contributed by atoms with Crippen molar-refractivity contribution in [3.8, 4) is 11.5 Å². The molecule has 9 nitrogen and oxygen atoms in total. The predicted octanol–water partition coefficient (Wildman–Crippen LogP) is 1.54. The van der Waals surface area contributed by atoms with Crippen molar-refractivity contribution in [1.29, 1.82) is 0 Å². The number of benzene rings is 2. The quantitative estimate of drug-likeness (QED) is 0.625. The van der Waals surface area contributed by atoms with E-state index in [0.29, 0.717) is 21.2 Å². The number of carbonyl (C=O) groups is 1. The number of rotatable bonds is 7. The van der Waals surface area contributed by atoms with E-state index in [1.165, 1.54) is 44.7 Å². The molecule has 3 aromatic rings. The second kappa shape index (κ2) is 8.23. The van der Waals surface area contributed by atoms with Gasteiger partial charge in [-0.25, -0.2) is 13.2 Å². The van der Waals surface area contributed by atoms with E-state index in [2.05, 4.69) is 5.32 Å². The zero-order valence-electron chi connectivity index (χ0n) is 15.7. The maximum Gasteiger partial charge on any atom is 0.342 e. The lowest BCUT2D eigenvalue weighted by molar-refractivity contribution is -0.116. The molecule has 0 atom stereocenters. The Kier molecular flexibility index (Phi) is 5.74. The molecule has 152 valence electrons. The molecule has 0 saturated heterocycles. The van der Waals surface area contributed by atoms with Gasteiger partial charge in [0.1, 0.15) is 18.0 Å². The number of methoxy groups -OCH3 is 2. The fourth-order valence-electron chi connectivity index (χ4n) is 2.65. The largest absolute Gasteiger partial charge is 0.497 e. The van der Waals surface area contributed by atoms with Crippen molar-refractivity contribution in [2.45, 2.75) is 11.4 Å². The third kappa shape index (κ3) is 4.16. The van der Waals surface area contributed by atoms with E-state index in [1.807, 2.05) is 0 Å². The van der Waals surface area contributed by atoms with Gasteiger partial charge in [0, 0.05) is 12.4 Å². The number of imidazole rings is 1. The molecule has 2 aromatic carbocycles. The summed E-state index contributed by atoms with van der Waals surface area (Å²) in [6, 6.07) is 12.5. The zero-order chi connectivity index (χ0) is 21.0. The van der Waals surface area contributed by atoms with Gasteiger partial charge in [0.2, 0.25) is 5.91 Å². The number of hydrogen-bond donors (Lipinski definition) is 1. The molecule has 0 aliphatic carbocycles. The minimum absolute atomic E-state index is 0.0726. The highest BCUT2D eigenvalue weighted by atomic mass is 32.2. The van der Waals surface area contributed by atoms with Gasteiger partial charge < -0.3 is 14.8 Å². The van der Waals surface area contributed by atoms with Crippen molar-refractivity contribution in [2.75, 3.05) is 19.5 Å². The summed E-state index contributed by atoms with van der Waals surface area (Å²) < 4.78 is 37.2. The maximum absolute atomic E-state index is 12.7. The van der Waals surface area contributed by atoms with Gasteiger partial charge in [-0.3, -0.25) is 9.36 Å². The van der Waals surface area contributed by atoms with Gasteiger partial charge >= 0.3 is 5.69 Å². The molecular formula is C19H19N3O6S. The molecule has 1 amide bonds. The number of nitrogens with one attached hydrogen (secondary N) is 1. The van der Waals surface area contributed by atoms with E-state index in [9.17, 15) is 18.0 Å².